The third-order valence-corrected chi connectivity index (χ3v) is 5.41. The molecule has 0 bridgehead atoms. The molecule has 0 radical (unpaired) electrons. The van der Waals surface area contributed by atoms with Crippen LogP contribution in [0.1, 0.15) is 118 Å². The SMILES string of the molecule is CC(=O)c1cc(NC(=O)CCCCCCCCCCCCCCC(=O)O)cc(C(=O)O)c1. The van der Waals surface area contributed by atoms with Gasteiger partial charge in [0.25, 0.3) is 0 Å². The minimum atomic E-state index is -1.14. The Morgan fingerprint density at radius 1 is 0.656 bits per heavy atom. The number of carbonyl (C=O) groups is 4. The highest BCUT2D eigenvalue weighted by atomic mass is 16.4. The Balaban J connectivity index is 2.08. The van der Waals surface area contributed by atoms with Gasteiger partial charge in [-0.3, -0.25) is 14.4 Å². The number of hydrogen-bond donors (Lipinski definition) is 3. The van der Waals surface area contributed by atoms with Crippen LogP contribution in [0.2, 0.25) is 0 Å². The maximum atomic E-state index is 12.1. The molecule has 0 fully saturated rings. The molecule has 1 aromatic rings. The van der Waals surface area contributed by atoms with Crippen molar-refractivity contribution in [1.29, 1.82) is 0 Å². The van der Waals surface area contributed by atoms with Gasteiger partial charge in [0.15, 0.2) is 5.78 Å². The Labute approximate surface area is 190 Å². The first kappa shape index (κ1) is 27.3. The van der Waals surface area contributed by atoms with Gasteiger partial charge in [-0.05, 0) is 38.0 Å². The Hall–Kier alpha value is -2.70. The van der Waals surface area contributed by atoms with Gasteiger partial charge in [-0.25, -0.2) is 4.79 Å². The standard InChI is InChI=1S/C25H37NO6/c1-19(27)20-16-21(25(31)32)18-22(17-20)26-23(28)14-12-10-8-6-4-2-3-5-7-9-11-13-15-24(29)30/h16-18H,2-15H2,1H3,(H,26,28)(H,29,30)(H,31,32). The van der Waals surface area contributed by atoms with Gasteiger partial charge in [0.05, 0.1) is 5.56 Å². The summed E-state index contributed by atoms with van der Waals surface area (Å²) in [5.74, 6) is -2.27. The van der Waals surface area contributed by atoms with Crippen LogP contribution < -0.4 is 5.32 Å². The molecule has 3 N–H and O–H groups in total. The van der Waals surface area contributed by atoms with Crippen LogP contribution in [-0.4, -0.2) is 33.8 Å². The number of ketones is 1. The number of carboxylic acid groups (broad SMARTS) is 2. The van der Waals surface area contributed by atoms with Crippen molar-refractivity contribution in [1.82, 2.24) is 0 Å². The van der Waals surface area contributed by atoms with E-state index in [0.717, 1.165) is 44.9 Å². The number of hydrogen-bond acceptors (Lipinski definition) is 4. The smallest absolute Gasteiger partial charge is 0.335 e. The third-order valence-electron chi connectivity index (χ3n) is 5.41. The molecule has 0 saturated carbocycles. The van der Waals surface area contributed by atoms with Crippen molar-refractivity contribution in [3.63, 3.8) is 0 Å². The van der Waals surface area contributed by atoms with Crippen molar-refractivity contribution >= 4 is 29.3 Å². The van der Waals surface area contributed by atoms with Gasteiger partial charge in [0.1, 0.15) is 0 Å². The topological polar surface area (TPSA) is 121 Å². The summed E-state index contributed by atoms with van der Waals surface area (Å²) >= 11 is 0. The van der Waals surface area contributed by atoms with E-state index in [1.54, 1.807) is 0 Å². The molecule has 1 amide bonds. The highest BCUT2D eigenvalue weighted by molar-refractivity contribution is 6.00. The maximum Gasteiger partial charge on any atom is 0.335 e. The summed E-state index contributed by atoms with van der Waals surface area (Å²) in [5, 5.41) is 20.4. The van der Waals surface area contributed by atoms with E-state index in [1.165, 1.54) is 57.2 Å². The van der Waals surface area contributed by atoms with E-state index >= 15 is 0 Å². The van der Waals surface area contributed by atoms with Crippen molar-refractivity contribution in [2.45, 2.75) is 96.8 Å². The second-order valence-electron chi connectivity index (χ2n) is 8.34. The number of carboxylic acids is 2. The number of nitrogens with one attached hydrogen (secondary N) is 1. The molecule has 0 spiro atoms. The lowest BCUT2D eigenvalue weighted by Gasteiger charge is -2.08. The molecule has 1 rings (SSSR count). The first-order valence-electron chi connectivity index (χ1n) is 11.7. The zero-order valence-electron chi connectivity index (χ0n) is 19.2. The molecule has 0 aliphatic carbocycles. The number of Topliss-reactive ketones (excluding diaryl/α,β-unsaturated/α-hetero) is 1. The van der Waals surface area contributed by atoms with Gasteiger partial charge in [0, 0.05) is 24.1 Å². The lowest BCUT2D eigenvalue weighted by Crippen LogP contribution is -2.12. The Morgan fingerprint density at radius 2 is 1.09 bits per heavy atom. The third kappa shape index (κ3) is 12.9. The van der Waals surface area contributed by atoms with Crippen LogP contribution >= 0.6 is 0 Å². The first-order valence-corrected chi connectivity index (χ1v) is 11.7. The molecule has 32 heavy (non-hydrogen) atoms. The van der Waals surface area contributed by atoms with E-state index in [-0.39, 0.29) is 29.2 Å². The molecular formula is C25H37NO6. The fourth-order valence-corrected chi connectivity index (χ4v) is 3.58. The number of carbonyl (C=O) groups excluding carboxylic acids is 2. The Kier molecular flexibility index (Phi) is 13.7. The van der Waals surface area contributed by atoms with Crippen LogP contribution in [0.25, 0.3) is 0 Å². The number of aliphatic carboxylic acids is 1. The number of benzene rings is 1. The van der Waals surface area contributed by atoms with Gasteiger partial charge >= 0.3 is 11.9 Å². The summed E-state index contributed by atoms with van der Waals surface area (Å²) in [4.78, 5) is 45.3. The van der Waals surface area contributed by atoms with Gasteiger partial charge in [-0.2, -0.15) is 0 Å². The summed E-state index contributed by atoms with van der Waals surface area (Å²) < 4.78 is 0. The van der Waals surface area contributed by atoms with Gasteiger partial charge < -0.3 is 15.5 Å². The summed E-state index contributed by atoms with van der Waals surface area (Å²) in [6, 6.07) is 4.17. The molecule has 0 unspecified atom stereocenters. The van der Waals surface area contributed by atoms with E-state index in [1.807, 2.05) is 0 Å². The highest BCUT2D eigenvalue weighted by Crippen LogP contribution is 2.17. The number of anilines is 1. The van der Waals surface area contributed by atoms with Crippen molar-refractivity contribution in [2.75, 3.05) is 5.32 Å². The van der Waals surface area contributed by atoms with Crippen LogP contribution in [0.3, 0.4) is 0 Å². The van der Waals surface area contributed by atoms with Crippen LogP contribution in [0, 0.1) is 0 Å². The summed E-state index contributed by atoms with van der Waals surface area (Å²) in [5.41, 5.74) is 0.576. The van der Waals surface area contributed by atoms with E-state index in [2.05, 4.69) is 5.32 Å². The van der Waals surface area contributed by atoms with E-state index in [0.29, 0.717) is 12.1 Å². The molecule has 0 heterocycles. The van der Waals surface area contributed by atoms with Crippen molar-refractivity contribution in [2.24, 2.45) is 0 Å². The summed E-state index contributed by atoms with van der Waals surface area (Å²) in [6.45, 7) is 1.36. The fourth-order valence-electron chi connectivity index (χ4n) is 3.58. The van der Waals surface area contributed by atoms with Gasteiger partial charge in [-0.15, -0.1) is 0 Å². The second kappa shape index (κ2) is 16.0. The van der Waals surface area contributed by atoms with E-state index < -0.39 is 11.9 Å². The molecule has 0 aliphatic rings. The second-order valence-corrected chi connectivity index (χ2v) is 8.34. The average molecular weight is 448 g/mol. The van der Waals surface area contributed by atoms with Crippen LogP contribution in [0.15, 0.2) is 18.2 Å². The van der Waals surface area contributed by atoms with Crippen molar-refractivity contribution < 1.29 is 29.4 Å². The average Bonchev–Trinajstić information content (AvgIpc) is 2.73. The molecule has 7 nitrogen and oxygen atoms in total. The minimum absolute atomic E-state index is 0.0221. The maximum absolute atomic E-state index is 12.1. The molecule has 1 aromatic carbocycles. The van der Waals surface area contributed by atoms with Gasteiger partial charge in [-0.1, -0.05) is 64.2 Å². The van der Waals surface area contributed by atoms with Crippen LogP contribution in [0.5, 0.6) is 0 Å². The number of amides is 1. The predicted octanol–water partition coefficient (Wildman–Crippen LogP) is 6.07. The molecule has 0 saturated heterocycles. The number of rotatable bonds is 18. The molecule has 178 valence electrons. The van der Waals surface area contributed by atoms with Crippen molar-refractivity contribution in [3.05, 3.63) is 29.3 Å². The number of aromatic carboxylic acids is 1. The predicted molar refractivity (Wildman–Crippen MR) is 124 cm³/mol. The fraction of sp³-hybridized carbons (Fsp3) is 0.600. The monoisotopic (exact) mass is 447 g/mol. The molecular weight excluding hydrogens is 410 g/mol. The molecule has 0 aromatic heterocycles. The normalized spacial score (nSPS) is 10.7. The van der Waals surface area contributed by atoms with Crippen LogP contribution in [-0.2, 0) is 9.59 Å². The van der Waals surface area contributed by atoms with E-state index in [9.17, 15) is 19.2 Å². The first-order chi connectivity index (χ1) is 15.3. The largest absolute Gasteiger partial charge is 0.481 e. The quantitative estimate of drug-likeness (QED) is 0.185. The van der Waals surface area contributed by atoms with E-state index in [4.69, 9.17) is 10.2 Å². The Morgan fingerprint density at radius 3 is 1.53 bits per heavy atom. The zero-order valence-corrected chi connectivity index (χ0v) is 19.2. The minimum Gasteiger partial charge on any atom is -0.481 e. The highest BCUT2D eigenvalue weighted by Gasteiger charge is 2.11. The summed E-state index contributed by atoms with van der Waals surface area (Å²) in [6.07, 6.45) is 13.6. The van der Waals surface area contributed by atoms with Gasteiger partial charge in [0.2, 0.25) is 5.91 Å². The molecule has 7 heteroatoms. The lowest BCUT2D eigenvalue weighted by atomic mass is 10.0. The number of unbranched alkanes of at least 4 members (excludes halogenated alkanes) is 11. The van der Waals surface area contributed by atoms with Crippen molar-refractivity contribution in [3.8, 4) is 0 Å². The summed E-state index contributed by atoms with van der Waals surface area (Å²) in [7, 11) is 0. The lowest BCUT2D eigenvalue weighted by molar-refractivity contribution is -0.137. The Bertz CT molecular complexity index is 727. The zero-order chi connectivity index (χ0) is 23.8. The molecule has 0 aliphatic heterocycles. The molecule has 0 atom stereocenters. The van der Waals surface area contributed by atoms with Crippen LogP contribution in [0.4, 0.5) is 5.69 Å².